The van der Waals surface area contributed by atoms with Gasteiger partial charge in [0.15, 0.2) is 0 Å². The molecule has 8 heteroatoms. The molecule has 0 bridgehead atoms. The molecule has 2 aliphatic heterocycles. The van der Waals surface area contributed by atoms with Gasteiger partial charge in [-0.2, -0.15) is 0 Å². The summed E-state index contributed by atoms with van der Waals surface area (Å²) in [6.07, 6.45) is 4.45. The Labute approximate surface area is 188 Å². The van der Waals surface area contributed by atoms with Gasteiger partial charge in [0.25, 0.3) is 0 Å². The van der Waals surface area contributed by atoms with Gasteiger partial charge in [0.2, 0.25) is 17.7 Å². The zero-order valence-electron chi connectivity index (χ0n) is 19.2. The quantitative estimate of drug-likeness (QED) is 0.658. The summed E-state index contributed by atoms with van der Waals surface area (Å²) >= 11 is 0. The van der Waals surface area contributed by atoms with Crippen LogP contribution < -0.4 is 4.74 Å². The highest BCUT2D eigenvalue weighted by Gasteiger charge is 2.33. The molecule has 4 rings (SSSR count). The Morgan fingerprint density at radius 1 is 1.22 bits per heavy atom. The standard InChI is InChI=1S/C24H32N4O4/c1-16-4-7-25-22(10-16)31-15-20-11-23(29)28(14-20)13-19-5-8-27(9-6-19)24(30)12-21-17(2)26-32-18(21)3/h4,7,10,19-20H,5-6,8-9,11-15H2,1-3H3. The fourth-order valence-electron chi connectivity index (χ4n) is 4.63. The van der Waals surface area contributed by atoms with Crippen LogP contribution in [0.25, 0.3) is 0 Å². The molecule has 0 aromatic carbocycles. The first kappa shape index (κ1) is 22.3. The van der Waals surface area contributed by atoms with Crippen molar-refractivity contribution in [2.24, 2.45) is 11.8 Å². The third kappa shape index (κ3) is 5.29. The van der Waals surface area contributed by atoms with Crippen molar-refractivity contribution in [3.8, 4) is 5.88 Å². The monoisotopic (exact) mass is 440 g/mol. The van der Waals surface area contributed by atoms with E-state index in [1.807, 2.05) is 42.7 Å². The molecular weight excluding hydrogens is 408 g/mol. The van der Waals surface area contributed by atoms with Crippen LogP contribution in [-0.2, 0) is 16.0 Å². The predicted molar refractivity (Wildman–Crippen MR) is 118 cm³/mol. The second-order valence-electron chi connectivity index (χ2n) is 9.15. The summed E-state index contributed by atoms with van der Waals surface area (Å²) in [4.78, 5) is 33.3. The maximum Gasteiger partial charge on any atom is 0.227 e. The van der Waals surface area contributed by atoms with E-state index < -0.39 is 0 Å². The number of rotatable bonds is 7. The highest BCUT2D eigenvalue weighted by Crippen LogP contribution is 2.25. The topological polar surface area (TPSA) is 88.8 Å². The Balaban J connectivity index is 1.21. The van der Waals surface area contributed by atoms with Crippen LogP contribution in [0, 0.1) is 32.6 Å². The maximum atomic E-state index is 12.7. The molecule has 4 heterocycles. The van der Waals surface area contributed by atoms with Crippen LogP contribution in [0.1, 0.15) is 41.8 Å². The molecule has 1 atom stereocenters. The van der Waals surface area contributed by atoms with Crippen LogP contribution in [0.15, 0.2) is 22.9 Å². The summed E-state index contributed by atoms with van der Waals surface area (Å²) in [6, 6.07) is 3.85. The molecule has 2 aromatic rings. The van der Waals surface area contributed by atoms with Crippen LogP contribution in [-0.4, -0.2) is 64.5 Å². The van der Waals surface area contributed by atoms with E-state index >= 15 is 0 Å². The zero-order valence-corrected chi connectivity index (χ0v) is 19.2. The average molecular weight is 441 g/mol. The lowest BCUT2D eigenvalue weighted by Crippen LogP contribution is -2.42. The first-order valence-electron chi connectivity index (χ1n) is 11.4. The maximum absolute atomic E-state index is 12.7. The Bertz CT molecular complexity index is 945. The minimum atomic E-state index is 0.122. The Morgan fingerprint density at radius 2 is 2.00 bits per heavy atom. The van der Waals surface area contributed by atoms with E-state index in [9.17, 15) is 9.59 Å². The summed E-state index contributed by atoms with van der Waals surface area (Å²) < 4.78 is 11.0. The summed E-state index contributed by atoms with van der Waals surface area (Å²) in [5.41, 5.74) is 2.79. The smallest absolute Gasteiger partial charge is 0.227 e. The average Bonchev–Trinajstić information content (AvgIpc) is 3.29. The highest BCUT2D eigenvalue weighted by atomic mass is 16.5. The zero-order chi connectivity index (χ0) is 22.7. The van der Waals surface area contributed by atoms with Crippen LogP contribution in [0.2, 0.25) is 0 Å². The Hall–Kier alpha value is -2.90. The predicted octanol–water partition coefficient (Wildman–Crippen LogP) is 2.70. The third-order valence-electron chi connectivity index (χ3n) is 6.61. The molecule has 2 aliphatic rings. The van der Waals surface area contributed by atoms with Crippen LogP contribution in [0.4, 0.5) is 0 Å². The van der Waals surface area contributed by atoms with E-state index in [4.69, 9.17) is 9.26 Å². The summed E-state index contributed by atoms with van der Waals surface area (Å²) in [7, 11) is 0. The summed E-state index contributed by atoms with van der Waals surface area (Å²) in [6.45, 7) is 9.20. The van der Waals surface area contributed by atoms with E-state index in [2.05, 4.69) is 10.1 Å². The third-order valence-corrected chi connectivity index (χ3v) is 6.61. The number of aryl methyl sites for hydroxylation is 3. The SMILES string of the molecule is Cc1ccnc(OCC2CC(=O)N(CC3CCN(C(=O)Cc4c(C)noc4C)CC3)C2)c1. The van der Waals surface area contributed by atoms with Crippen LogP contribution in [0.5, 0.6) is 5.88 Å². The molecule has 172 valence electrons. The molecule has 2 fully saturated rings. The highest BCUT2D eigenvalue weighted by molar-refractivity contribution is 5.79. The molecule has 2 amide bonds. The van der Waals surface area contributed by atoms with Crippen molar-refractivity contribution in [2.45, 2.75) is 46.5 Å². The number of hydrogen-bond acceptors (Lipinski definition) is 6. The van der Waals surface area contributed by atoms with Gasteiger partial charge in [0, 0.05) is 56.3 Å². The van der Waals surface area contributed by atoms with E-state index in [0.717, 1.165) is 61.6 Å². The molecule has 8 nitrogen and oxygen atoms in total. The van der Waals surface area contributed by atoms with Crippen molar-refractivity contribution >= 4 is 11.8 Å². The minimum absolute atomic E-state index is 0.122. The normalized spacial score (nSPS) is 19.6. The largest absolute Gasteiger partial charge is 0.477 e. The molecule has 32 heavy (non-hydrogen) atoms. The fraction of sp³-hybridized carbons (Fsp3) is 0.583. The lowest BCUT2D eigenvalue weighted by atomic mass is 9.95. The number of aromatic nitrogens is 2. The number of nitrogens with zero attached hydrogens (tertiary/aromatic N) is 4. The van der Waals surface area contributed by atoms with Gasteiger partial charge in [-0.15, -0.1) is 0 Å². The number of hydrogen-bond donors (Lipinski definition) is 0. The van der Waals surface area contributed by atoms with Gasteiger partial charge in [-0.05, 0) is 51.2 Å². The van der Waals surface area contributed by atoms with Crippen molar-refractivity contribution < 1.29 is 18.8 Å². The van der Waals surface area contributed by atoms with Gasteiger partial charge in [0.05, 0.1) is 18.7 Å². The first-order valence-corrected chi connectivity index (χ1v) is 11.4. The fourth-order valence-corrected chi connectivity index (χ4v) is 4.63. The number of carbonyl (C=O) groups is 2. The van der Waals surface area contributed by atoms with Gasteiger partial charge in [-0.3, -0.25) is 9.59 Å². The van der Waals surface area contributed by atoms with Crippen molar-refractivity contribution in [3.63, 3.8) is 0 Å². The molecule has 2 aromatic heterocycles. The van der Waals surface area contributed by atoms with Gasteiger partial charge in [0.1, 0.15) is 5.76 Å². The van der Waals surface area contributed by atoms with Gasteiger partial charge < -0.3 is 19.1 Å². The molecular formula is C24H32N4O4. The van der Waals surface area contributed by atoms with Crippen molar-refractivity contribution in [2.75, 3.05) is 32.8 Å². The molecule has 2 saturated heterocycles. The number of pyridine rings is 1. The molecule has 1 unspecified atom stereocenters. The molecule has 0 aliphatic carbocycles. The van der Waals surface area contributed by atoms with Crippen LogP contribution >= 0.6 is 0 Å². The van der Waals surface area contributed by atoms with E-state index in [1.54, 1.807) is 6.20 Å². The van der Waals surface area contributed by atoms with Crippen molar-refractivity contribution in [1.82, 2.24) is 19.9 Å². The summed E-state index contributed by atoms with van der Waals surface area (Å²) in [5, 5.41) is 3.94. The second kappa shape index (κ2) is 9.71. The molecule has 0 saturated carbocycles. The minimum Gasteiger partial charge on any atom is -0.477 e. The Morgan fingerprint density at radius 3 is 2.69 bits per heavy atom. The van der Waals surface area contributed by atoms with Gasteiger partial charge in [-0.25, -0.2) is 4.98 Å². The van der Waals surface area contributed by atoms with Crippen molar-refractivity contribution in [3.05, 3.63) is 40.9 Å². The second-order valence-corrected chi connectivity index (χ2v) is 9.15. The van der Waals surface area contributed by atoms with E-state index in [0.29, 0.717) is 31.2 Å². The number of ether oxygens (including phenoxy) is 1. The number of amides is 2. The van der Waals surface area contributed by atoms with Crippen molar-refractivity contribution in [1.29, 1.82) is 0 Å². The number of piperidine rings is 1. The Kier molecular flexibility index (Phi) is 6.77. The van der Waals surface area contributed by atoms with Gasteiger partial charge >= 0.3 is 0 Å². The first-order chi connectivity index (χ1) is 15.4. The number of carbonyl (C=O) groups excluding carboxylic acids is 2. The summed E-state index contributed by atoms with van der Waals surface area (Å²) in [5.74, 6) is 2.28. The van der Waals surface area contributed by atoms with Crippen LogP contribution in [0.3, 0.4) is 0 Å². The molecule has 0 spiro atoms. The lowest BCUT2D eigenvalue weighted by molar-refractivity contribution is -0.133. The molecule has 0 N–H and O–H groups in total. The lowest BCUT2D eigenvalue weighted by Gasteiger charge is -2.34. The number of likely N-dealkylation sites (tertiary alicyclic amines) is 2. The van der Waals surface area contributed by atoms with E-state index in [1.165, 1.54) is 0 Å². The van der Waals surface area contributed by atoms with E-state index in [-0.39, 0.29) is 17.7 Å². The van der Waals surface area contributed by atoms with Gasteiger partial charge in [-0.1, -0.05) is 5.16 Å². The molecule has 0 radical (unpaired) electrons.